The van der Waals surface area contributed by atoms with Gasteiger partial charge in [0.1, 0.15) is 6.61 Å². The number of carbonyl (C=O) groups is 3. The number of ketones is 1. The molecule has 3 atom stereocenters. The third-order valence-corrected chi connectivity index (χ3v) is 6.22. The van der Waals surface area contributed by atoms with Crippen molar-refractivity contribution in [2.24, 2.45) is 22.7 Å². The molecule has 2 aliphatic rings. The highest BCUT2D eigenvalue weighted by molar-refractivity contribution is 5.93. The average molecular weight is 362 g/mol. The van der Waals surface area contributed by atoms with E-state index in [2.05, 4.69) is 26.8 Å². The van der Waals surface area contributed by atoms with E-state index in [0.717, 1.165) is 25.3 Å². The molecule has 1 N–H and O–H groups in total. The molecule has 0 saturated heterocycles. The first kappa shape index (κ1) is 20.4. The number of carboxylic acid groups (broad SMARTS) is 1. The van der Waals surface area contributed by atoms with Crippen LogP contribution >= 0.6 is 0 Å². The molecular formula is C21H30O5. The summed E-state index contributed by atoms with van der Waals surface area (Å²) < 4.78 is 4.97. The van der Waals surface area contributed by atoms with Gasteiger partial charge in [-0.3, -0.25) is 9.59 Å². The van der Waals surface area contributed by atoms with Crippen molar-refractivity contribution in [2.75, 3.05) is 6.61 Å². The minimum atomic E-state index is -1.06. The molecule has 2 rings (SSSR count). The number of allylic oxidation sites excluding steroid dienone is 2. The third-order valence-electron chi connectivity index (χ3n) is 6.22. The standard InChI is InChI=1S/C21H30O5/c1-14(22)26-13-15(12-19(24)25)6-7-16-17(23)8-9-18-20(2,3)10-5-11-21(16,18)4/h8-9,12,16,18H,5-7,10-11,13H2,1-4H3,(H,24,25). The number of rotatable bonds is 6. The number of hydrogen-bond acceptors (Lipinski definition) is 4. The maximum atomic E-state index is 12.7. The van der Waals surface area contributed by atoms with Gasteiger partial charge in [-0.1, -0.05) is 33.3 Å². The molecule has 0 aromatic heterocycles. The zero-order valence-electron chi connectivity index (χ0n) is 16.2. The van der Waals surface area contributed by atoms with Crippen LogP contribution in [-0.4, -0.2) is 29.4 Å². The van der Waals surface area contributed by atoms with Gasteiger partial charge in [0.05, 0.1) is 0 Å². The highest BCUT2D eigenvalue weighted by Gasteiger charge is 2.52. The minimum Gasteiger partial charge on any atom is -0.478 e. The molecule has 0 aliphatic heterocycles. The van der Waals surface area contributed by atoms with Crippen LogP contribution in [0.15, 0.2) is 23.8 Å². The van der Waals surface area contributed by atoms with Gasteiger partial charge in [-0.15, -0.1) is 0 Å². The van der Waals surface area contributed by atoms with Crippen LogP contribution in [0.5, 0.6) is 0 Å². The van der Waals surface area contributed by atoms with Crippen molar-refractivity contribution in [3.8, 4) is 0 Å². The summed E-state index contributed by atoms with van der Waals surface area (Å²) in [5.41, 5.74) is 0.578. The summed E-state index contributed by atoms with van der Waals surface area (Å²) in [7, 11) is 0. The minimum absolute atomic E-state index is 0.0377. The lowest BCUT2D eigenvalue weighted by Crippen LogP contribution is -2.49. The summed E-state index contributed by atoms with van der Waals surface area (Å²) in [6.07, 6.45) is 9.17. The van der Waals surface area contributed by atoms with Crippen LogP contribution in [0.25, 0.3) is 0 Å². The highest BCUT2D eigenvalue weighted by atomic mass is 16.5. The molecule has 0 radical (unpaired) electrons. The van der Waals surface area contributed by atoms with Gasteiger partial charge in [0.2, 0.25) is 0 Å². The van der Waals surface area contributed by atoms with Gasteiger partial charge < -0.3 is 9.84 Å². The Hall–Kier alpha value is -1.91. The molecule has 0 amide bonds. The summed E-state index contributed by atoms with van der Waals surface area (Å²) in [5.74, 6) is -1.18. The lowest BCUT2D eigenvalue weighted by Gasteiger charge is -2.54. The van der Waals surface area contributed by atoms with Crippen molar-refractivity contribution in [3.05, 3.63) is 23.8 Å². The SMILES string of the molecule is CC(=O)OCC(=CC(=O)O)CCC1C(=O)C=CC2C(C)(C)CCCC12C. The number of ether oxygens (including phenoxy) is 1. The first-order valence-electron chi connectivity index (χ1n) is 9.34. The van der Waals surface area contributed by atoms with E-state index in [0.29, 0.717) is 24.3 Å². The Balaban J connectivity index is 2.18. The van der Waals surface area contributed by atoms with E-state index in [4.69, 9.17) is 9.84 Å². The molecule has 26 heavy (non-hydrogen) atoms. The second-order valence-electron chi connectivity index (χ2n) is 8.60. The number of carbonyl (C=O) groups excluding carboxylic acids is 2. The van der Waals surface area contributed by atoms with Crippen molar-refractivity contribution < 1.29 is 24.2 Å². The summed E-state index contributed by atoms with van der Waals surface area (Å²) in [5, 5.41) is 9.05. The van der Waals surface area contributed by atoms with Crippen molar-refractivity contribution in [1.82, 2.24) is 0 Å². The maximum absolute atomic E-state index is 12.7. The van der Waals surface area contributed by atoms with Crippen LogP contribution in [0.3, 0.4) is 0 Å². The Labute approximate surface area is 155 Å². The first-order chi connectivity index (χ1) is 12.1. The maximum Gasteiger partial charge on any atom is 0.328 e. The predicted molar refractivity (Wildman–Crippen MR) is 98.5 cm³/mol. The molecule has 1 saturated carbocycles. The third kappa shape index (κ3) is 4.43. The van der Waals surface area contributed by atoms with E-state index >= 15 is 0 Å². The Bertz CT molecular complexity index is 643. The topological polar surface area (TPSA) is 80.7 Å². The van der Waals surface area contributed by atoms with Gasteiger partial charge in [0, 0.05) is 18.9 Å². The molecule has 0 aromatic rings. The fraction of sp³-hybridized carbons (Fsp3) is 0.667. The summed E-state index contributed by atoms with van der Waals surface area (Å²) >= 11 is 0. The monoisotopic (exact) mass is 362 g/mol. The molecule has 0 spiro atoms. The van der Waals surface area contributed by atoms with E-state index in [1.54, 1.807) is 6.08 Å². The molecule has 3 unspecified atom stereocenters. The fourth-order valence-corrected chi connectivity index (χ4v) is 4.99. The van der Waals surface area contributed by atoms with Crippen LogP contribution < -0.4 is 0 Å². The lowest BCUT2D eigenvalue weighted by atomic mass is 9.49. The van der Waals surface area contributed by atoms with E-state index < -0.39 is 11.9 Å². The van der Waals surface area contributed by atoms with Crippen LogP contribution in [-0.2, 0) is 19.1 Å². The molecule has 0 aromatic carbocycles. The van der Waals surface area contributed by atoms with Crippen LogP contribution in [0.4, 0.5) is 0 Å². The Morgan fingerprint density at radius 3 is 2.62 bits per heavy atom. The second kappa shape index (κ2) is 7.77. The molecule has 0 bridgehead atoms. The molecule has 2 aliphatic carbocycles. The Kier molecular flexibility index (Phi) is 6.09. The van der Waals surface area contributed by atoms with Crippen molar-refractivity contribution in [2.45, 2.75) is 59.8 Å². The molecule has 144 valence electrons. The van der Waals surface area contributed by atoms with E-state index in [1.165, 1.54) is 6.92 Å². The summed E-state index contributed by atoms with van der Waals surface area (Å²) in [4.78, 5) is 34.8. The normalized spacial score (nSPS) is 30.6. The van der Waals surface area contributed by atoms with Crippen molar-refractivity contribution in [3.63, 3.8) is 0 Å². The molecule has 5 nitrogen and oxygen atoms in total. The molecular weight excluding hydrogens is 332 g/mol. The van der Waals surface area contributed by atoms with Crippen molar-refractivity contribution in [1.29, 1.82) is 0 Å². The number of carboxylic acids is 1. The molecule has 1 fully saturated rings. The van der Waals surface area contributed by atoms with Crippen LogP contribution in [0, 0.1) is 22.7 Å². The smallest absolute Gasteiger partial charge is 0.328 e. The quantitative estimate of drug-likeness (QED) is 0.572. The molecule has 5 heteroatoms. The number of fused-ring (bicyclic) bond motifs is 1. The predicted octanol–water partition coefficient (Wildman–Crippen LogP) is 3.93. The molecule has 0 heterocycles. The Morgan fingerprint density at radius 2 is 2.00 bits per heavy atom. The average Bonchev–Trinajstić information content (AvgIpc) is 2.50. The van der Waals surface area contributed by atoms with E-state index in [9.17, 15) is 14.4 Å². The van der Waals surface area contributed by atoms with Gasteiger partial charge in [-0.25, -0.2) is 4.79 Å². The summed E-state index contributed by atoms with van der Waals surface area (Å²) in [6, 6.07) is 0. The van der Waals surface area contributed by atoms with Gasteiger partial charge in [0.15, 0.2) is 5.78 Å². The lowest BCUT2D eigenvalue weighted by molar-refractivity contribution is -0.140. The highest BCUT2D eigenvalue weighted by Crippen LogP contribution is 2.58. The van der Waals surface area contributed by atoms with Crippen molar-refractivity contribution >= 4 is 17.7 Å². The van der Waals surface area contributed by atoms with Crippen LogP contribution in [0.2, 0.25) is 0 Å². The van der Waals surface area contributed by atoms with Gasteiger partial charge in [-0.05, 0) is 54.1 Å². The first-order valence-corrected chi connectivity index (χ1v) is 9.34. The van der Waals surface area contributed by atoms with Crippen LogP contribution in [0.1, 0.15) is 59.8 Å². The van der Waals surface area contributed by atoms with E-state index in [1.807, 2.05) is 0 Å². The summed E-state index contributed by atoms with van der Waals surface area (Å²) in [6.45, 7) is 8.00. The Morgan fingerprint density at radius 1 is 1.31 bits per heavy atom. The number of esters is 1. The van der Waals surface area contributed by atoms with Gasteiger partial charge in [0.25, 0.3) is 0 Å². The zero-order chi connectivity index (χ0) is 19.5. The zero-order valence-corrected chi connectivity index (χ0v) is 16.2. The fourth-order valence-electron chi connectivity index (χ4n) is 4.99. The second-order valence-corrected chi connectivity index (χ2v) is 8.60. The van der Waals surface area contributed by atoms with E-state index in [-0.39, 0.29) is 29.1 Å². The largest absolute Gasteiger partial charge is 0.478 e. The van der Waals surface area contributed by atoms with Gasteiger partial charge in [-0.2, -0.15) is 0 Å². The number of aliphatic carboxylic acids is 1. The number of hydrogen-bond donors (Lipinski definition) is 1. The van der Waals surface area contributed by atoms with Gasteiger partial charge >= 0.3 is 11.9 Å².